The first kappa shape index (κ1) is 37.7. The van der Waals surface area contributed by atoms with E-state index < -0.39 is 59.8 Å². The van der Waals surface area contributed by atoms with Crippen molar-refractivity contribution in [3.63, 3.8) is 0 Å². The maximum atomic E-state index is 14.3. The van der Waals surface area contributed by atoms with Crippen LogP contribution in [0.15, 0.2) is 58.7 Å². The van der Waals surface area contributed by atoms with Gasteiger partial charge in [-0.1, -0.05) is 69.7 Å². The monoisotopic (exact) mass is 684 g/mol. The zero-order valence-electron chi connectivity index (χ0n) is 30.1. The molecule has 49 heavy (non-hydrogen) atoms. The number of ether oxygens (including phenoxy) is 5. The number of rotatable bonds is 5. The molecule has 10 nitrogen and oxygen atoms in total. The van der Waals surface area contributed by atoms with E-state index in [-0.39, 0.29) is 55.5 Å². The first-order chi connectivity index (χ1) is 23.2. The first-order valence-electron chi connectivity index (χ1n) is 18.0. The molecule has 1 aliphatic carbocycles. The molecule has 0 radical (unpaired) electrons. The van der Waals surface area contributed by atoms with Gasteiger partial charge in [-0.05, 0) is 74.5 Å². The topological polar surface area (TPSA) is 141 Å². The summed E-state index contributed by atoms with van der Waals surface area (Å²) >= 11 is 0. The third-order valence-electron chi connectivity index (χ3n) is 10.8. The molecule has 0 amide bonds. The predicted octanol–water partition coefficient (Wildman–Crippen LogP) is 5.02. The molecule has 0 aromatic heterocycles. The standard InChI is InChI=1S/C39H56O10/c1-8-25(6)35-26(7)16-32(40)38(49-35)19-30-18-29(48-38)13-12-24(5)15-23(4)10-9-11-28-21-46-36-34(42)27(20-45-33(41)14-22(2)3)17-31(37(43)47-30)39(28,36)44/h8-12,17,22-23,26,29-32,34-36,40,42,44H,13-16,18-21H2,1-7H3/b10-9+,24-12+,25-8+,28-11+/t23-,26-,29+,30-,31-,32+,34+,35+,36?,38-,39+/m0/s1. The summed E-state index contributed by atoms with van der Waals surface area (Å²) in [6.45, 7) is 13.8. The molecule has 3 fully saturated rings. The molecule has 3 N–H and O–H groups in total. The van der Waals surface area contributed by atoms with Crippen molar-refractivity contribution in [3.8, 4) is 0 Å². The van der Waals surface area contributed by atoms with E-state index in [1.54, 1.807) is 6.08 Å². The number of aliphatic hydroxyl groups excluding tert-OH is 2. The van der Waals surface area contributed by atoms with Gasteiger partial charge in [0.25, 0.3) is 0 Å². The number of carbonyl (C=O) groups is 2. The minimum absolute atomic E-state index is 0.000270. The van der Waals surface area contributed by atoms with Gasteiger partial charge in [0.05, 0.1) is 18.8 Å². The third-order valence-corrected chi connectivity index (χ3v) is 10.8. The Kier molecular flexibility index (Phi) is 11.8. The molecule has 0 aromatic carbocycles. The van der Waals surface area contributed by atoms with Crippen LogP contribution < -0.4 is 0 Å². The van der Waals surface area contributed by atoms with E-state index >= 15 is 0 Å². The van der Waals surface area contributed by atoms with Gasteiger partial charge in [0.15, 0.2) is 5.79 Å². The van der Waals surface area contributed by atoms with Crippen LogP contribution in [0.1, 0.15) is 87.0 Å². The van der Waals surface area contributed by atoms with Gasteiger partial charge in [-0.25, -0.2) is 0 Å². The Morgan fingerprint density at radius 1 is 1.16 bits per heavy atom. The highest BCUT2D eigenvalue weighted by Gasteiger charge is 2.61. The van der Waals surface area contributed by atoms with Gasteiger partial charge in [-0.15, -0.1) is 0 Å². The summed E-state index contributed by atoms with van der Waals surface area (Å²) in [6.07, 6.45) is 8.93. The van der Waals surface area contributed by atoms with Crippen LogP contribution in [0.3, 0.4) is 0 Å². The summed E-state index contributed by atoms with van der Waals surface area (Å²) in [5.74, 6) is -3.47. The number of allylic oxidation sites excluding steroid dienone is 5. The zero-order valence-corrected chi connectivity index (χ0v) is 30.1. The minimum atomic E-state index is -1.91. The normalized spacial score (nSPS) is 43.1. The van der Waals surface area contributed by atoms with E-state index in [1.807, 2.05) is 52.8 Å². The largest absolute Gasteiger partial charge is 0.462 e. The molecule has 1 unspecified atom stereocenters. The predicted molar refractivity (Wildman–Crippen MR) is 183 cm³/mol. The first-order valence-corrected chi connectivity index (χ1v) is 18.0. The summed E-state index contributed by atoms with van der Waals surface area (Å²) in [5.41, 5.74) is 1.01. The molecule has 11 atom stereocenters. The number of hydrogen-bond acceptors (Lipinski definition) is 10. The fraction of sp³-hybridized carbons (Fsp3) is 0.692. The van der Waals surface area contributed by atoms with Gasteiger partial charge < -0.3 is 39.0 Å². The Labute approximate surface area is 290 Å². The van der Waals surface area contributed by atoms with Crippen LogP contribution >= 0.6 is 0 Å². The second kappa shape index (κ2) is 15.3. The molecule has 4 aliphatic heterocycles. The van der Waals surface area contributed by atoms with Crippen molar-refractivity contribution in [1.29, 1.82) is 0 Å². The summed E-state index contributed by atoms with van der Waals surface area (Å²) in [7, 11) is 0. The summed E-state index contributed by atoms with van der Waals surface area (Å²) < 4.78 is 31.0. The average Bonchev–Trinajstić information content (AvgIpc) is 3.37. The lowest BCUT2D eigenvalue weighted by Gasteiger charge is -2.52. The van der Waals surface area contributed by atoms with Crippen molar-refractivity contribution in [3.05, 3.63) is 58.7 Å². The Hall–Kier alpha value is -2.60. The molecule has 5 aliphatic rings. The van der Waals surface area contributed by atoms with E-state index in [9.17, 15) is 24.9 Å². The molecule has 2 bridgehead atoms. The number of hydrogen-bond donors (Lipinski definition) is 3. The lowest BCUT2D eigenvalue weighted by atomic mass is 9.70. The maximum Gasteiger partial charge on any atom is 0.316 e. The van der Waals surface area contributed by atoms with Crippen LogP contribution in [-0.4, -0.2) is 88.5 Å². The Bertz CT molecular complexity index is 1390. The molecule has 5 rings (SSSR count). The van der Waals surface area contributed by atoms with E-state index in [0.29, 0.717) is 24.8 Å². The van der Waals surface area contributed by atoms with Crippen molar-refractivity contribution in [1.82, 2.24) is 0 Å². The highest BCUT2D eigenvalue weighted by molar-refractivity contribution is 5.79. The van der Waals surface area contributed by atoms with Gasteiger partial charge in [0.2, 0.25) is 0 Å². The maximum absolute atomic E-state index is 14.3. The quantitative estimate of drug-likeness (QED) is 0.267. The highest BCUT2D eigenvalue weighted by atomic mass is 16.7. The number of esters is 2. The summed E-state index contributed by atoms with van der Waals surface area (Å²) in [4.78, 5) is 26.8. The van der Waals surface area contributed by atoms with Gasteiger partial charge in [-0.2, -0.15) is 0 Å². The van der Waals surface area contributed by atoms with E-state index in [2.05, 4.69) is 19.9 Å². The number of aliphatic hydroxyl groups is 3. The fourth-order valence-corrected chi connectivity index (χ4v) is 8.03. The van der Waals surface area contributed by atoms with Crippen molar-refractivity contribution < 1.29 is 48.6 Å². The Morgan fingerprint density at radius 2 is 1.92 bits per heavy atom. The molecular formula is C39H56O10. The molecule has 272 valence electrons. The molecule has 0 aromatic rings. The lowest BCUT2D eigenvalue weighted by molar-refractivity contribution is -0.363. The van der Waals surface area contributed by atoms with E-state index in [1.165, 1.54) is 11.6 Å². The van der Waals surface area contributed by atoms with Crippen LogP contribution in [0.4, 0.5) is 0 Å². The third kappa shape index (κ3) is 8.00. The van der Waals surface area contributed by atoms with Crippen LogP contribution in [-0.2, 0) is 33.3 Å². The van der Waals surface area contributed by atoms with E-state index in [0.717, 1.165) is 12.0 Å². The van der Waals surface area contributed by atoms with Crippen molar-refractivity contribution in [2.24, 2.45) is 23.7 Å². The SMILES string of the molecule is C/C=C(\C)[C@H]1O[C@@]2(C[C@@H]3C[C@@H](C/C=C(\C)C[C@@H](C)/C=C/C=C4\COC5[C@H](O)C(COC(=O)CC(C)C)=C[C@@H](C(=O)O3)[C@]45O)O2)[C@H](O)C[C@@H]1C. The van der Waals surface area contributed by atoms with Gasteiger partial charge in [0.1, 0.15) is 42.5 Å². The molecule has 10 heteroatoms. The van der Waals surface area contributed by atoms with Crippen molar-refractivity contribution in [2.45, 2.75) is 135 Å². The van der Waals surface area contributed by atoms with Crippen LogP contribution in [0.2, 0.25) is 0 Å². The number of fused-ring (bicyclic) bond motifs is 2. The lowest BCUT2D eigenvalue weighted by Crippen LogP contribution is -2.62. The highest BCUT2D eigenvalue weighted by Crippen LogP contribution is 2.48. The fourth-order valence-electron chi connectivity index (χ4n) is 8.03. The van der Waals surface area contributed by atoms with Gasteiger partial charge in [0, 0.05) is 19.3 Å². The van der Waals surface area contributed by atoms with Crippen molar-refractivity contribution >= 4 is 11.9 Å². The van der Waals surface area contributed by atoms with Crippen LogP contribution in [0, 0.1) is 23.7 Å². The second-order valence-electron chi connectivity index (χ2n) is 15.4. The second-order valence-corrected chi connectivity index (χ2v) is 15.4. The average molecular weight is 685 g/mol. The molecule has 1 spiro atoms. The molecular weight excluding hydrogens is 628 g/mol. The minimum Gasteiger partial charge on any atom is -0.462 e. The molecule has 4 heterocycles. The van der Waals surface area contributed by atoms with Crippen LogP contribution in [0.5, 0.6) is 0 Å². The summed E-state index contributed by atoms with van der Waals surface area (Å²) in [5, 5.41) is 35.3. The molecule has 0 saturated carbocycles. The van der Waals surface area contributed by atoms with Gasteiger partial charge in [-0.3, -0.25) is 9.59 Å². The van der Waals surface area contributed by atoms with Crippen molar-refractivity contribution in [2.75, 3.05) is 13.2 Å². The van der Waals surface area contributed by atoms with E-state index in [4.69, 9.17) is 23.7 Å². The Morgan fingerprint density at radius 3 is 2.63 bits per heavy atom. The molecule has 3 saturated heterocycles. The smallest absolute Gasteiger partial charge is 0.316 e. The van der Waals surface area contributed by atoms with Crippen LogP contribution in [0.25, 0.3) is 0 Å². The Balaban J connectivity index is 1.53. The zero-order chi connectivity index (χ0) is 35.7. The number of carbonyl (C=O) groups excluding carboxylic acids is 2. The summed E-state index contributed by atoms with van der Waals surface area (Å²) in [6, 6.07) is 0. The van der Waals surface area contributed by atoms with Gasteiger partial charge >= 0.3 is 11.9 Å².